The molecule has 0 radical (unpaired) electrons. The number of ketones is 1. The van der Waals surface area contributed by atoms with Crippen molar-refractivity contribution in [3.05, 3.63) is 12.2 Å². The molecule has 0 aromatic heterocycles. The maximum Gasteiger partial charge on any atom is 0.303 e. The average molecular weight is 373 g/mol. The maximum atomic E-state index is 12.0. The minimum atomic E-state index is -0.668. The molecule has 4 rings (SSSR count). The van der Waals surface area contributed by atoms with Crippen molar-refractivity contribution >= 4 is 11.8 Å². The van der Waals surface area contributed by atoms with Gasteiger partial charge in [0.25, 0.3) is 0 Å². The lowest BCUT2D eigenvalue weighted by atomic mass is 9.46. The molecular weight excluding hydrogens is 336 g/mol. The van der Waals surface area contributed by atoms with Crippen LogP contribution in [0.3, 0.4) is 0 Å². The van der Waals surface area contributed by atoms with Crippen LogP contribution in [-0.2, 0) is 9.59 Å². The fourth-order valence-corrected chi connectivity index (χ4v) is 7.91. The second-order valence-electron chi connectivity index (χ2n) is 10.6. The molecule has 3 saturated carbocycles. The molecule has 0 heterocycles. The number of fused-ring (bicyclic) bond motifs is 5. The van der Waals surface area contributed by atoms with Crippen LogP contribution in [0.1, 0.15) is 78.6 Å². The number of carbonyl (C=O) groups is 2. The van der Waals surface area contributed by atoms with Gasteiger partial charge in [0.05, 0.1) is 0 Å². The molecule has 3 nitrogen and oxygen atoms in total. The van der Waals surface area contributed by atoms with Crippen molar-refractivity contribution in [2.75, 3.05) is 0 Å². The summed E-state index contributed by atoms with van der Waals surface area (Å²) in [6.07, 6.45) is 13.9. The van der Waals surface area contributed by atoms with Crippen LogP contribution in [0.25, 0.3) is 0 Å². The zero-order valence-electron chi connectivity index (χ0n) is 17.2. The van der Waals surface area contributed by atoms with Gasteiger partial charge in [-0.3, -0.25) is 9.59 Å². The predicted octanol–water partition coefficient (Wildman–Crippen LogP) is 5.49. The Morgan fingerprint density at radius 1 is 1.26 bits per heavy atom. The highest BCUT2D eigenvalue weighted by atomic mass is 16.4. The fourth-order valence-electron chi connectivity index (χ4n) is 7.91. The molecule has 0 bridgehead atoms. The molecular formula is C24H36O3. The zero-order chi connectivity index (χ0) is 19.4. The van der Waals surface area contributed by atoms with Gasteiger partial charge in [-0.15, -0.1) is 0 Å². The topological polar surface area (TPSA) is 54.4 Å². The second-order valence-corrected chi connectivity index (χ2v) is 10.6. The predicted molar refractivity (Wildman–Crippen MR) is 106 cm³/mol. The molecule has 0 spiro atoms. The van der Waals surface area contributed by atoms with Crippen LogP contribution in [-0.4, -0.2) is 16.9 Å². The molecule has 5 unspecified atom stereocenters. The minimum Gasteiger partial charge on any atom is -0.481 e. The second kappa shape index (κ2) is 6.74. The van der Waals surface area contributed by atoms with Crippen LogP contribution in [0.2, 0.25) is 0 Å². The van der Waals surface area contributed by atoms with Crippen LogP contribution < -0.4 is 0 Å². The fraction of sp³-hybridized carbons (Fsp3) is 0.833. The van der Waals surface area contributed by atoms with Crippen LogP contribution in [0.4, 0.5) is 0 Å². The lowest BCUT2D eigenvalue weighted by molar-refractivity contribution is -0.137. The van der Waals surface area contributed by atoms with Gasteiger partial charge < -0.3 is 5.11 Å². The standard InChI is InChI=1S/C24H36O3/c1-15(4-9-22(26)27)19-7-8-20-18-6-5-16-14-17(25)10-12-23(16,2)21(18)11-13-24(19,20)3/h11,13,15-16,18-21H,4-10,12,14H2,1-3H3,(H,26,27)/t15?,16-,18?,19?,20?,21?,23+,24-/m1/s1. The third-order valence-electron chi connectivity index (χ3n) is 9.49. The first-order valence-electron chi connectivity index (χ1n) is 11.2. The van der Waals surface area contributed by atoms with Gasteiger partial charge in [-0.25, -0.2) is 0 Å². The van der Waals surface area contributed by atoms with E-state index < -0.39 is 5.97 Å². The first-order chi connectivity index (χ1) is 12.8. The van der Waals surface area contributed by atoms with Crippen molar-refractivity contribution in [2.45, 2.75) is 78.6 Å². The Balaban J connectivity index is 1.57. The Hall–Kier alpha value is -1.12. The van der Waals surface area contributed by atoms with E-state index in [-0.39, 0.29) is 5.41 Å². The van der Waals surface area contributed by atoms with E-state index in [4.69, 9.17) is 5.11 Å². The number of allylic oxidation sites excluding steroid dienone is 2. The van der Waals surface area contributed by atoms with E-state index in [1.54, 1.807) is 0 Å². The Morgan fingerprint density at radius 3 is 2.78 bits per heavy atom. The van der Waals surface area contributed by atoms with Crippen molar-refractivity contribution in [1.82, 2.24) is 0 Å². The van der Waals surface area contributed by atoms with Crippen LogP contribution in [0.15, 0.2) is 12.2 Å². The number of Topliss-reactive ketones (excluding diaryl/α,β-unsaturated/α-hetero) is 1. The van der Waals surface area contributed by atoms with Gasteiger partial charge in [0.1, 0.15) is 5.78 Å². The largest absolute Gasteiger partial charge is 0.481 e. The average Bonchev–Trinajstić information content (AvgIpc) is 2.97. The number of carboxylic acids is 1. The van der Waals surface area contributed by atoms with E-state index in [0.717, 1.165) is 37.5 Å². The Kier molecular flexibility index (Phi) is 4.79. The Morgan fingerprint density at radius 2 is 2.04 bits per heavy atom. The monoisotopic (exact) mass is 372 g/mol. The molecule has 1 N–H and O–H groups in total. The van der Waals surface area contributed by atoms with Crippen molar-refractivity contribution in [2.24, 2.45) is 46.3 Å². The Labute approximate surface area is 164 Å². The van der Waals surface area contributed by atoms with Crippen molar-refractivity contribution in [3.63, 3.8) is 0 Å². The molecule has 8 atom stereocenters. The zero-order valence-corrected chi connectivity index (χ0v) is 17.2. The lowest BCUT2D eigenvalue weighted by Crippen LogP contribution is -2.51. The van der Waals surface area contributed by atoms with Gasteiger partial charge in [-0.1, -0.05) is 32.9 Å². The van der Waals surface area contributed by atoms with E-state index in [1.165, 1.54) is 25.7 Å². The number of carbonyl (C=O) groups excluding carboxylic acids is 1. The molecule has 4 aliphatic rings. The van der Waals surface area contributed by atoms with Crippen molar-refractivity contribution in [1.29, 1.82) is 0 Å². The summed E-state index contributed by atoms with van der Waals surface area (Å²) in [6.45, 7) is 7.19. The smallest absolute Gasteiger partial charge is 0.303 e. The summed E-state index contributed by atoms with van der Waals surface area (Å²) in [6, 6.07) is 0. The van der Waals surface area contributed by atoms with E-state index in [1.807, 2.05) is 0 Å². The molecule has 0 amide bonds. The number of rotatable bonds is 4. The first-order valence-corrected chi connectivity index (χ1v) is 11.2. The Bertz CT molecular complexity index is 652. The normalized spacial score (nSPS) is 47.1. The summed E-state index contributed by atoms with van der Waals surface area (Å²) < 4.78 is 0. The lowest BCUT2D eigenvalue weighted by Gasteiger charge is -2.58. The van der Waals surface area contributed by atoms with E-state index in [9.17, 15) is 9.59 Å². The number of hydrogen-bond donors (Lipinski definition) is 1. The third kappa shape index (κ3) is 3.00. The van der Waals surface area contributed by atoms with Gasteiger partial charge in [-0.2, -0.15) is 0 Å². The van der Waals surface area contributed by atoms with E-state index >= 15 is 0 Å². The van der Waals surface area contributed by atoms with Gasteiger partial charge >= 0.3 is 5.97 Å². The van der Waals surface area contributed by atoms with Crippen molar-refractivity contribution in [3.8, 4) is 0 Å². The summed E-state index contributed by atoms with van der Waals surface area (Å²) in [4.78, 5) is 23.0. The highest BCUT2D eigenvalue weighted by Gasteiger charge is 2.58. The van der Waals surface area contributed by atoms with Crippen LogP contribution in [0, 0.1) is 46.3 Å². The molecule has 3 fully saturated rings. The molecule has 0 saturated heterocycles. The summed E-state index contributed by atoms with van der Waals surface area (Å²) in [7, 11) is 0. The minimum absolute atomic E-state index is 0.229. The molecule has 3 heteroatoms. The highest BCUT2D eigenvalue weighted by Crippen LogP contribution is 2.65. The van der Waals surface area contributed by atoms with E-state index in [0.29, 0.717) is 41.3 Å². The molecule has 0 aromatic carbocycles. The summed E-state index contributed by atoms with van der Waals surface area (Å²) in [5.74, 6) is 3.60. The summed E-state index contributed by atoms with van der Waals surface area (Å²) in [5, 5.41) is 9.08. The molecule has 4 aliphatic carbocycles. The molecule has 0 aliphatic heterocycles. The quantitative estimate of drug-likeness (QED) is 0.664. The molecule has 27 heavy (non-hydrogen) atoms. The van der Waals surface area contributed by atoms with Gasteiger partial charge in [-0.05, 0) is 84.9 Å². The van der Waals surface area contributed by atoms with E-state index in [2.05, 4.69) is 32.9 Å². The molecule has 150 valence electrons. The molecule has 0 aromatic rings. The number of carboxylic acid groups (broad SMARTS) is 1. The summed E-state index contributed by atoms with van der Waals surface area (Å²) in [5.41, 5.74) is 0.536. The third-order valence-corrected chi connectivity index (χ3v) is 9.49. The first kappa shape index (κ1) is 19.2. The van der Waals surface area contributed by atoms with Crippen molar-refractivity contribution < 1.29 is 14.7 Å². The highest BCUT2D eigenvalue weighted by molar-refractivity contribution is 5.79. The maximum absolute atomic E-state index is 12.0. The van der Waals surface area contributed by atoms with Gasteiger partial charge in [0.15, 0.2) is 0 Å². The number of hydrogen-bond acceptors (Lipinski definition) is 2. The summed E-state index contributed by atoms with van der Waals surface area (Å²) >= 11 is 0. The SMILES string of the molecule is CC(CCC(=O)O)C1CCC2C3CC[C@@H]4CC(=O)CC[C@]4(C)C3C=C[C@]12C. The van der Waals surface area contributed by atoms with Crippen LogP contribution in [0.5, 0.6) is 0 Å². The number of aliphatic carboxylic acids is 1. The van der Waals surface area contributed by atoms with Gasteiger partial charge in [0.2, 0.25) is 0 Å². The van der Waals surface area contributed by atoms with Gasteiger partial charge in [0, 0.05) is 19.3 Å². The van der Waals surface area contributed by atoms with Crippen LogP contribution >= 0.6 is 0 Å².